The number of hydrogen-bond donors (Lipinski definition) is 2. The van der Waals surface area contributed by atoms with Gasteiger partial charge in [0.25, 0.3) is 0 Å². The number of anilines is 1. The smallest absolute Gasteiger partial charge is 0.405 e. The molecular formula is C12H14BrF3N2O. The van der Waals surface area contributed by atoms with Gasteiger partial charge in [-0.3, -0.25) is 0 Å². The first kappa shape index (κ1) is 14.5. The van der Waals surface area contributed by atoms with Crippen molar-refractivity contribution in [3.8, 4) is 5.75 Å². The Balaban J connectivity index is 2.02. The van der Waals surface area contributed by atoms with Gasteiger partial charge in [0.1, 0.15) is 5.75 Å². The third-order valence-corrected chi connectivity index (χ3v) is 3.62. The molecule has 3 N–H and O–H groups in total. The summed E-state index contributed by atoms with van der Waals surface area (Å²) in [5, 5.41) is 3.26. The molecule has 0 radical (unpaired) electrons. The van der Waals surface area contributed by atoms with E-state index in [2.05, 4.69) is 26.0 Å². The van der Waals surface area contributed by atoms with Crippen molar-refractivity contribution in [3.63, 3.8) is 0 Å². The number of rotatable bonds is 3. The highest BCUT2D eigenvalue weighted by Crippen LogP contribution is 2.33. The lowest BCUT2D eigenvalue weighted by molar-refractivity contribution is -0.274. The zero-order valence-corrected chi connectivity index (χ0v) is 11.6. The van der Waals surface area contributed by atoms with Crippen molar-refractivity contribution in [3.05, 3.63) is 22.7 Å². The summed E-state index contributed by atoms with van der Waals surface area (Å²) < 4.78 is 40.5. The molecule has 0 bridgehead atoms. The summed E-state index contributed by atoms with van der Waals surface area (Å²) in [6.45, 7) is 0. The zero-order valence-electron chi connectivity index (χ0n) is 10.0. The summed E-state index contributed by atoms with van der Waals surface area (Å²) in [5.74, 6) is -0.249. The van der Waals surface area contributed by atoms with Crippen LogP contribution in [-0.2, 0) is 0 Å². The minimum absolute atomic E-state index is 0.203. The van der Waals surface area contributed by atoms with Crippen LogP contribution in [0.15, 0.2) is 22.7 Å². The molecule has 106 valence electrons. The van der Waals surface area contributed by atoms with E-state index in [1.54, 1.807) is 12.1 Å². The first-order valence-electron chi connectivity index (χ1n) is 5.91. The number of halogens is 4. The van der Waals surface area contributed by atoms with E-state index in [9.17, 15) is 13.2 Å². The van der Waals surface area contributed by atoms with Crippen molar-refractivity contribution in [2.45, 2.75) is 37.7 Å². The number of nitrogens with two attached hydrogens (primary N) is 1. The number of alkyl halides is 3. The van der Waals surface area contributed by atoms with Gasteiger partial charge >= 0.3 is 6.36 Å². The molecule has 0 saturated heterocycles. The molecule has 0 spiro atoms. The summed E-state index contributed by atoms with van der Waals surface area (Å²) in [6, 6.07) is 4.90. The predicted octanol–water partition coefficient (Wildman–Crippen LogP) is 3.64. The van der Waals surface area contributed by atoms with Crippen LogP contribution in [0.25, 0.3) is 0 Å². The van der Waals surface area contributed by atoms with Gasteiger partial charge in [0.15, 0.2) is 0 Å². The van der Waals surface area contributed by atoms with Crippen LogP contribution in [-0.4, -0.2) is 18.4 Å². The second-order valence-electron chi connectivity index (χ2n) is 4.61. The summed E-state index contributed by atoms with van der Waals surface area (Å²) in [7, 11) is 0. The highest BCUT2D eigenvalue weighted by molar-refractivity contribution is 9.10. The van der Waals surface area contributed by atoms with Gasteiger partial charge in [0.05, 0.1) is 4.47 Å². The third-order valence-electron chi connectivity index (χ3n) is 3.00. The van der Waals surface area contributed by atoms with Crippen molar-refractivity contribution >= 4 is 21.6 Å². The first-order chi connectivity index (χ1) is 8.83. The molecule has 0 aliphatic heterocycles. The van der Waals surface area contributed by atoms with Crippen LogP contribution in [0.1, 0.15) is 19.3 Å². The van der Waals surface area contributed by atoms with Crippen LogP contribution in [0, 0.1) is 0 Å². The molecule has 0 aromatic heterocycles. The molecule has 2 rings (SSSR count). The van der Waals surface area contributed by atoms with Crippen molar-refractivity contribution in [2.75, 3.05) is 5.32 Å². The molecule has 1 aromatic rings. The molecule has 7 heteroatoms. The normalized spacial score (nSPS) is 23.4. The Labute approximate surface area is 117 Å². The van der Waals surface area contributed by atoms with Gasteiger partial charge in [-0.05, 0) is 53.4 Å². The minimum atomic E-state index is -4.68. The Kier molecular flexibility index (Phi) is 4.25. The average Bonchev–Trinajstić information content (AvgIpc) is 2.66. The van der Waals surface area contributed by atoms with Gasteiger partial charge in [-0.15, -0.1) is 13.2 Å². The van der Waals surface area contributed by atoms with E-state index in [-0.39, 0.29) is 22.3 Å². The van der Waals surface area contributed by atoms with E-state index in [4.69, 9.17) is 5.73 Å². The molecule has 3 nitrogen and oxygen atoms in total. The van der Waals surface area contributed by atoms with E-state index < -0.39 is 6.36 Å². The van der Waals surface area contributed by atoms with Crippen LogP contribution >= 0.6 is 15.9 Å². The molecular weight excluding hydrogens is 325 g/mol. The molecule has 2 unspecified atom stereocenters. The summed E-state index contributed by atoms with van der Waals surface area (Å²) in [6.07, 6.45) is -1.87. The Hall–Kier alpha value is -0.950. The van der Waals surface area contributed by atoms with Crippen LogP contribution in [0.2, 0.25) is 0 Å². The van der Waals surface area contributed by atoms with E-state index in [0.29, 0.717) is 0 Å². The standard InChI is InChI=1S/C12H14BrF3N2O/c13-10-6-9(18-8-2-1-7(17)5-8)3-4-11(10)19-12(14,15)16/h3-4,6-8,18H,1-2,5,17H2. The van der Waals surface area contributed by atoms with Gasteiger partial charge < -0.3 is 15.8 Å². The average molecular weight is 339 g/mol. The second kappa shape index (κ2) is 5.58. The highest BCUT2D eigenvalue weighted by Gasteiger charge is 2.32. The molecule has 1 aromatic carbocycles. The SMILES string of the molecule is NC1CCC(Nc2ccc(OC(F)(F)F)c(Br)c2)C1. The fraction of sp³-hybridized carbons (Fsp3) is 0.500. The van der Waals surface area contributed by atoms with Crippen LogP contribution in [0.3, 0.4) is 0 Å². The van der Waals surface area contributed by atoms with Gasteiger partial charge in [-0.1, -0.05) is 0 Å². The van der Waals surface area contributed by atoms with Crippen molar-refractivity contribution in [1.82, 2.24) is 0 Å². The van der Waals surface area contributed by atoms with Crippen molar-refractivity contribution in [2.24, 2.45) is 5.73 Å². The maximum absolute atomic E-state index is 12.1. The fourth-order valence-corrected chi connectivity index (χ4v) is 2.64. The Morgan fingerprint density at radius 1 is 1.32 bits per heavy atom. The topological polar surface area (TPSA) is 47.3 Å². The van der Waals surface area contributed by atoms with E-state index in [1.165, 1.54) is 6.07 Å². The maximum Gasteiger partial charge on any atom is 0.573 e. The highest BCUT2D eigenvalue weighted by atomic mass is 79.9. The lowest BCUT2D eigenvalue weighted by Crippen LogP contribution is -2.21. The number of ether oxygens (including phenoxy) is 1. The second-order valence-corrected chi connectivity index (χ2v) is 5.46. The fourth-order valence-electron chi connectivity index (χ4n) is 2.18. The Morgan fingerprint density at radius 2 is 2.05 bits per heavy atom. The molecule has 1 aliphatic rings. The molecule has 1 saturated carbocycles. The van der Waals surface area contributed by atoms with Gasteiger partial charge in [0.2, 0.25) is 0 Å². The predicted molar refractivity (Wildman–Crippen MR) is 70.1 cm³/mol. The molecule has 2 atom stereocenters. The Morgan fingerprint density at radius 3 is 2.58 bits per heavy atom. The quantitative estimate of drug-likeness (QED) is 0.884. The van der Waals surface area contributed by atoms with Gasteiger partial charge in [0, 0.05) is 17.8 Å². The van der Waals surface area contributed by atoms with Gasteiger partial charge in [-0.25, -0.2) is 0 Å². The van der Waals surface area contributed by atoms with Crippen LogP contribution in [0.4, 0.5) is 18.9 Å². The zero-order chi connectivity index (χ0) is 14.0. The minimum Gasteiger partial charge on any atom is -0.405 e. The third kappa shape index (κ3) is 4.28. The summed E-state index contributed by atoms with van der Waals surface area (Å²) in [5.41, 5.74) is 6.56. The lowest BCUT2D eigenvalue weighted by atomic mass is 10.2. The monoisotopic (exact) mass is 338 g/mol. The van der Waals surface area contributed by atoms with E-state index in [1.807, 2.05) is 0 Å². The molecule has 0 heterocycles. The Bertz CT molecular complexity index is 453. The van der Waals surface area contributed by atoms with Crippen molar-refractivity contribution in [1.29, 1.82) is 0 Å². The van der Waals surface area contributed by atoms with Crippen molar-refractivity contribution < 1.29 is 17.9 Å². The summed E-state index contributed by atoms with van der Waals surface area (Å²) >= 11 is 3.07. The molecule has 1 fully saturated rings. The molecule has 19 heavy (non-hydrogen) atoms. The number of nitrogens with one attached hydrogen (secondary N) is 1. The van der Waals surface area contributed by atoms with E-state index >= 15 is 0 Å². The van der Waals surface area contributed by atoms with Crippen LogP contribution in [0.5, 0.6) is 5.75 Å². The summed E-state index contributed by atoms with van der Waals surface area (Å²) in [4.78, 5) is 0. The first-order valence-corrected chi connectivity index (χ1v) is 6.70. The lowest BCUT2D eigenvalue weighted by Gasteiger charge is -2.16. The van der Waals surface area contributed by atoms with Gasteiger partial charge in [-0.2, -0.15) is 0 Å². The maximum atomic E-state index is 12.1. The number of hydrogen-bond acceptors (Lipinski definition) is 3. The van der Waals surface area contributed by atoms with Crippen LogP contribution < -0.4 is 15.8 Å². The number of benzene rings is 1. The molecule has 0 amide bonds. The largest absolute Gasteiger partial charge is 0.573 e. The molecule has 1 aliphatic carbocycles. The van der Waals surface area contributed by atoms with E-state index in [0.717, 1.165) is 24.9 Å².